The highest BCUT2D eigenvalue weighted by Gasteiger charge is 2.03. The summed E-state index contributed by atoms with van der Waals surface area (Å²) in [5, 5.41) is 8.87. The van der Waals surface area contributed by atoms with Gasteiger partial charge in [0.05, 0.1) is 19.1 Å². The summed E-state index contributed by atoms with van der Waals surface area (Å²) in [6.45, 7) is 0. The molecule has 0 atom stereocenters. The van der Waals surface area contributed by atoms with Gasteiger partial charge in [0.2, 0.25) is 0 Å². The van der Waals surface area contributed by atoms with Crippen LogP contribution in [0.25, 0.3) is 0 Å². The number of aryl methyl sites for hydroxylation is 2. The first-order chi connectivity index (χ1) is 11.6. The molecule has 0 radical (unpaired) electrons. The van der Waals surface area contributed by atoms with Crippen LogP contribution in [0.3, 0.4) is 0 Å². The minimum atomic E-state index is -0.891. The number of hydrogen-bond acceptors (Lipinski definition) is 3. The van der Waals surface area contributed by atoms with Crippen molar-refractivity contribution in [3.8, 4) is 0 Å². The maximum absolute atomic E-state index is 11.2. The molecule has 0 aliphatic heterocycles. The summed E-state index contributed by atoms with van der Waals surface area (Å²) in [6, 6.07) is 15.1. The molecule has 2 rings (SSSR count). The van der Waals surface area contributed by atoms with E-state index in [-0.39, 0.29) is 5.97 Å². The van der Waals surface area contributed by atoms with Gasteiger partial charge in [0.25, 0.3) is 0 Å². The maximum Gasteiger partial charge on any atom is 0.335 e. The van der Waals surface area contributed by atoms with E-state index in [0.29, 0.717) is 12.0 Å². The van der Waals surface area contributed by atoms with Crippen molar-refractivity contribution in [1.29, 1.82) is 0 Å². The van der Waals surface area contributed by atoms with Crippen LogP contribution in [0, 0.1) is 0 Å². The zero-order valence-corrected chi connectivity index (χ0v) is 13.8. The van der Waals surface area contributed by atoms with Gasteiger partial charge < -0.3 is 9.84 Å². The van der Waals surface area contributed by atoms with Crippen molar-refractivity contribution in [2.75, 3.05) is 7.11 Å². The van der Waals surface area contributed by atoms with Crippen LogP contribution in [0.4, 0.5) is 0 Å². The number of ether oxygens (including phenoxy) is 1. The van der Waals surface area contributed by atoms with Crippen molar-refractivity contribution < 1.29 is 19.4 Å². The van der Waals surface area contributed by atoms with Gasteiger partial charge in [-0.05, 0) is 54.5 Å². The van der Waals surface area contributed by atoms with Crippen LogP contribution in [0.5, 0.6) is 0 Å². The fraction of sp³-hybridized carbons (Fsp3) is 0.300. The van der Waals surface area contributed by atoms with E-state index in [1.807, 2.05) is 24.3 Å². The number of carbonyl (C=O) groups is 2. The molecule has 0 amide bonds. The summed E-state index contributed by atoms with van der Waals surface area (Å²) in [6.07, 6.45) is 4.36. The number of unbranched alkanes of at least 4 members (excludes halogenated alkanes) is 1. The second-order valence-electron chi connectivity index (χ2n) is 5.78. The fourth-order valence-corrected chi connectivity index (χ4v) is 2.53. The number of hydrogen-bond donors (Lipinski definition) is 1. The Hall–Kier alpha value is -2.62. The summed E-state index contributed by atoms with van der Waals surface area (Å²) < 4.78 is 4.65. The molecule has 24 heavy (non-hydrogen) atoms. The first kappa shape index (κ1) is 17.7. The Balaban J connectivity index is 1.73. The highest BCUT2D eigenvalue weighted by Crippen LogP contribution is 2.12. The molecular weight excluding hydrogens is 304 g/mol. The molecule has 0 fully saturated rings. The number of carboxylic acid groups (broad SMARTS) is 1. The third-order valence-electron chi connectivity index (χ3n) is 3.98. The molecule has 2 aromatic rings. The SMILES string of the molecule is COC(=O)Cc1ccc(CCCCc2ccc(C(=O)O)cc2)cc1. The van der Waals surface area contributed by atoms with Crippen LogP contribution in [-0.4, -0.2) is 24.2 Å². The van der Waals surface area contributed by atoms with E-state index in [1.54, 1.807) is 12.1 Å². The molecule has 0 saturated heterocycles. The van der Waals surface area contributed by atoms with E-state index in [0.717, 1.165) is 36.8 Å². The van der Waals surface area contributed by atoms with Crippen molar-refractivity contribution in [2.24, 2.45) is 0 Å². The van der Waals surface area contributed by atoms with Gasteiger partial charge in [-0.15, -0.1) is 0 Å². The van der Waals surface area contributed by atoms with E-state index in [4.69, 9.17) is 5.11 Å². The summed E-state index contributed by atoms with van der Waals surface area (Å²) in [5.41, 5.74) is 3.70. The first-order valence-corrected chi connectivity index (χ1v) is 8.05. The number of carbonyl (C=O) groups excluding carboxylic acids is 1. The monoisotopic (exact) mass is 326 g/mol. The molecule has 0 aromatic heterocycles. The van der Waals surface area contributed by atoms with Crippen molar-refractivity contribution >= 4 is 11.9 Å². The molecule has 2 aromatic carbocycles. The molecule has 1 N–H and O–H groups in total. The molecule has 0 saturated carbocycles. The van der Waals surface area contributed by atoms with Gasteiger partial charge in [-0.2, -0.15) is 0 Å². The second-order valence-corrected chi connectivity index (χ2v) is 5.78. The average Bonchev–Trinajstić information content (AvgIpc) is 2.60. The summed E-state index contributed by atoms with van der Waals surface area (Å²) in [5.74, 6) is -1.12. The first-order valence-electron chi connectivity index (χ1n) is 8.05. The lowest BCUT2D eigenvalue weighted by Gasteiger charge is -2.05. The lowest BCUT2D eigenvalue weighted by atomic mass is 10.0. The highest BCUT2D eigenvalue weighted by atomic mass is 16.5. The molecule has 4 heteroatoms. The van der Waals surface area contributed by atoms with Gasteiger partial charge in [-0.25, -0.2) is 4.79 Å². The highest BCUT2D eigenvalue weighted by molar-refractivity contribution is 5.87. The molecule has 0 bridgehead atoms. The van der Waals surface area contributed by atoms with Crippen LogP contribution < -0.4 is 0 Å². The van der Waals surface area contributed by atoms with Crippen molar-refractivity contribution in [2.45, 2.75) is 32.1 Å². The lowest BCUT2D eigenvalue weighted by Crippen LogP contribution is -2.04. The zero-order chi connectivity index (χ0) is 17.4. The van der Waals surface area contributed by atoms with E-state index in [1.165, 1.54) is 12.7 Å². The van der Waals surface area contributed by atoms with Gasteiger partial charge in [0, 0.05) is 0 Å². The third kappa shape index (κ3) is 5.54. The average molecular weight is 326 g/mol. The fourth-order valence-electron chi connectivity index (χ4n) is 2.53. The van der Waals surface area contributed by atoms with Crippen LogP contribution in [0.2, 0.25) is 0 Å². The summed E-state index contributed by atoms with van der Waals surface area (Å²) in [4.78, 5) is 22.0. The van der Waals surface area contributed by atoms with Crippen molar-refractivity contribution in [3.05, 3.63) is 70.8 Å². The largest absolute Gasteiger partial charge is 0.478 e. The predicted molar refractivity (Wildman–Crippen MR) is 92.2 cm³/mol. The Morgan fingerprint density at radius 1 is 0.833 bits per heavy atom. The van der Waals surface area contributed by atoms with Crippen LogP contribution >= 0.6 is 0 Å². The molecule has 0 unspecified atom stereocenters. The molecule has 126 valence electrons. The Morgan fingerprint density at radius 2 is 1.29 bits per heavy atom. The Bertz CT molecular complexity index is 672. The third-order valence-corrected chi connectivity index (χ3v) is 3.98. The van der Waals surface area contributed by atoms with Gasteiger partial charge in [-0.1, -0.05) is 36.4 Å². The smallest absolute Gasteiger partial charge is 0.335 e. The molecule has 0 heterocycles. The summed E-state index contributed by atoms with van der Waals surface area (Å²) in [7, 11) is 1.39. The normalized spacial score (nSPS) is 10.4. The topological polar surface area (TPSA) is 63.6 Å². The van der Waals surface area contributed by atoms with Crippen LogP contribution in [-0.2, 0) is 28.8 Å². The Morgan fingerprint density at radius 3 is 1.75 bits per heavy atom. The van der Waals surface area contributed by atoms with Gasteiger partial charge >= 0.3 is 11.9 Å². The lowest BCUT2D eigenvalue weighted by molar-refractivity contribution is -0.139. The molecule has 4 nitrogen and oxygen atoms in total. The minimum absolute atomic E-state index is 0.225. The number of aromatic carboxylic acids is 1. The van der Waals surface area contributed by atoms with E-state index < -0.39 is 5.97 Å². The van der Waals surface area contributed by atoms with E-state index >= 15 is 0 Å². The Labute approximate surface area is 142 Å². The molecule has 0 aliphatic carbocycles. The van der Waals surface area contributed by atoms with Crippen LogP contribution in [0.15, 0.2) is 48.5 Å². The van der Waals surface area contributed by atoms with Gasteiger partial charge in [0.15, 0.2) is 0 Å². The number of rotatable bonds is 8. The second kappa shape index (κ2) is 8.87. The van der Waals surface area contributed by atoms with E-state index in [2.05, 4.69) is 16.9 Å². The zero-order valence-electron chi connectivity index (χ0n) is 13.8. The number of carboxylic acids is 1. The minimum Gasteiger partial charge on any atom is -0.478 e. The quantitative estimate of drug-likeness (QED) is 0.594. The van der Waals surface area contributed by atoms with Gasteiger partial charge in [-0.3, -0.25) is 4.79 Å². The maximum atomic E-state index is 11.2. The molecule has 0 aliphatic rings. The molecular formula is C20H22O4. The van der Waals surface area contributed by atoms with Crippen LogP contribution in [0.1, 0.15) is 39.9 Å². The van der Waals surface area contributed by atoms with Gasteiger partial charge in [0.1, 0.15) is 0 Å². The molecule has 0 spiro atoms. The number of esters is 1. The van der Waals surface area contributed by atoms with E-state index in [9.17, 15) is 9.59 Å². The predicted octanol–water partition coefficient (Wildman–Crippen LogP) is 3.67. The number of benzene rings is 2. The van der Waals surface area contributed by atoms with Crippen molar-refractivity contribution in [3.63, 3.8) is 0 Å². The standard InChI is InChI=1S/C20H22O4/c1-24-19(21)14-17-8-6-15(7-9-17)4-2-3-5-16-10-12-18(13-11-16)20(22)23/h6-13H,2-5,14H2,1H3,(H,22,23). The van der Waals surface area contributed by atoms with Crippen molar-refractivity contribution in [1.82, 2.24) is 0 Å². The Kier molecular flexibility index (Phi) is 6.55. The number of methoxy groups -OCH3 is 1. The summed E-state index contributed by atoms with van der Waals surface area (Å²) >= 11 is 0.